The van der Waals surface area contributed by atoms with E-state index in [-0.39, 0.29) is 47.1 Å². The van der Waals surface area contributed by atoms with Crippen LogP contribution in [0.25, 0.3) is 5.32 Å². The molecule has 4 heteroatoms. The molecule has 0 aromatic carbocycles. The number of fused-ring (bicyclic) bond motifs is 1. The third kappa shape index (κ3) is 2.05. The largest absolute Gasteiger partial charge is 0.678 e. The smallest absolute Gasteiger partial charge is 0.162 e. The van der Waals surface area contributed by atoms with E-state index in [2.05, 4.69) is 12.2 Å². The molecule has 1 aromatic rings. The molecular formula is C10H12NOPrS-. The van der Waals surface area contributed by atoms with Gasteiger partial charge in [0.15, 0.2) is 5.78 Å². The summed E-state index contributed by atoms with van der Waals surface area (Å²) in [5.41, 5.74) is 2.16. The molecule has 0 saturated heterocycles. The van der Waals surface area contributed by atoms with Crippen LogP contribution in [0.1, 0.15) is 33.6 Å². The normalized spacial score (nSPS) is 14.6. The molecule has 0 bridgehead atoms. The van der Waals surface area contributed by atoms with Gasteiger partial charge in [-0.3, -0.25) is 4.79 Å². The third-order valence-corrected chi connectivity index (χ3v) is 3.64. The molecule has 14 heavy (non-hydrogen) atoms. The fourth-order valence-electron chi connectivity index (χ4n) is 1.86. The second-order valence-electron chi connectivity index (χ2n) is 3.32. The summed E-state index contributed by atoms with van der Waals surface area (Å²) in [6.45, 7) is 2.08. The molecule has 0 amide bonds. The van der Waals surface area contributed by atoms with Crippen molar-refractivity contribution < 1.29 is 46.1 Å². The zero-order valence-electron chi connectivity index (χ0n) is 8.46. The van der Waals surface area contributed by atoms with Gasteiger partial charge in [-0.05, 0) is 25.3 Å². The van der Waals surface area contributed by atoms with Crippen molar-refractivity contribution in [2.75, 3.05) is 7.05 Å². The number of nitrogens with zero attached hydrogens (tertiary/aromatic N) is 1. The van der Waals surface area contributed by atoms with Crippen LogP contribution in [-0.2, 0) is 6.42 Å². The molecule has 0 atom stereocenters. The predicted molar refractivity (Wildman–Crippen MR) is 55.3 cm³/mol. The standard InChI is InChI=1S/C10H13NOS.Pr/c1-6-7-4-3-5-8(12)9(7)10(11-2)13-6;/h3-5H2,1-2H3,(H,11,12);/p-1. The fourth-order valence-corrected chi connectivity index (χ4v) is 2.91. The fraction of sp³-hybridized carbons (Fsp3) is 0.500. The maximum Gasteiger partial charge on any atom is 0.162 e. The van der Waals surface area contributed by atoms with Crippen LogP contribution in [0.3, 0.4) is 0 Å². The van der Waals surface area contributed by atoms with Crippen LogP contribution in [0.2, 0.25) is 0 Å². The van der Waals surface area contributed by atoms with Crippen LogP contribution in [0.4, 0.5) is 5.00 Å². The number of thiophene rings is 1. The van der Waals surface area contributed by atoms with Crippen molar-refractivity contribution in [3.8, 4) is 0 Å². The van der Waals surface area contributed by atoms with Crippen molar-refractivity contribution >= 4 is 22.1 Å². The minimum Gasteiger partial charge on any atom is -0.678 e. The summed E-state index contributed by atoms with van der Waals surface area (Å²) in [5, 5.41) is 5.08. The van der Waals surface area contributed by atoms with Crippen molar-refractivity contribution in [2.24, 2.45) is 0 Å². The van der Waals surface area contributed by atoms with Gasteiger partial charge in [0, 0.05) is 58.2 Å². The first-order chi connectivity index (χ1) is 6.24. The molecule has 0 saturated carbocycles. The van der Waals surface area contributed by atoms with Crippen molar-refractivity contribution in [1.82, 2.24) is 0 Å². The average molecular weight is 335 g/mol. The zero-order chi connectivity index (χ0) is 9.42. The zero-order valence-corrected chi connectivity index (χ0v) is 13.0. The van der Waals surface area contributed by atoms with Gasteiger partial charge in [-0.15, -0.1) is 7.05 Å². The number of carbonyl (C=O) groups is 1. The SMILES string of the molecule is C[N-]c1sc(C)c2c1C(=O)CCC2.[Pr]. The van der Waals surface area contributed by atoms with E-state index >= 15 is 0 Å². The number of hydrogen-bond acceptors (Lipinski definition) is 2. The maximum atomic E-state index is 11.6. The Kier molecular flexibility index (Phi) is 4.54. The Labute approximate surface area is 121 Å². The molecule has 2 rings (SSSR count). The third-order valence-electron chi connectivity index (χ3n) is 2.50. The van der Waals surface area contributed by atoms with E-state index in [4.69, 9.17) is 0 Å². The van der Waals surface area contributed by atoms with Crippen LogP contribution in [0.15, 0.2) is 0 Å². The quantitative estimate of drug-likeness (QED) is 0.775. The van der Waals surface area contributed by atoms with Crippen molar-refractivity contribution in [3.05, 3.63) is 21.3 Å². The Hall–Kier alpha value is 0.534. The first kappa shape index (κ1) is 12.6. The first-order valence-corrected chi connectivity index (χ1v) is 5.31. The Bertz CT molecular complexity index is 359. The number of aryl methyl sites for hydroxylation is 1. The van der Waals surface area contributed by atoms with Gasteiger partial charge in [0.25, 0.3) is 0 Å². The number of carbonyl (C=O) groups excluding carboxylic acids is 1. The molecule has 73 valence electrons. The average Bonchev–Trinajstić information content (AvgIpc) is 2.45. The number of ketones is 1. The molecule has 1 radical (unpaired) electrons. The van der Waals surface area contributed by atoms with Gasteiger partial charge in [-0.25, -0.2) is 0 Å². The van der Waals surface area contributed by atoms with Gasteiger partial charge in [-0.2, -0.15) is 11.3 Å². The van der Waals surface area contributed by atoms with Crippen LogP contribution < -0.4 is 0 Å². The number of rotatable bonds is 1. The Balaban J connectivity index is 0.000000980. The molecule has 0 aliphatic heterocycles. The molecule has 0 unspecified atom stereocenters. The number of hydrogen-bond donors (Lipinski definition) is 0. The van der Waals surface area contributed by atoms with Crippen LogP contribution in [0.5, 0.6) is 0 Å². The van der Waals surface area contributed by atoms with Gasteiger partial charge in [-0.1, -0.05) is 5.00 Å². The summed E-state index contributed by atoms with van der Waals surface area (Å²) < 4.78 is 0. The van der Waals surface area contributed by atoms with Crippen LogP contribution >= 0.6 is 11.3 Å². The van der Waals surface area contributed by atoms with Gasteiger partial charge >= 0.3 is 0 Å². The minimum absolute atomic E-state index is 0. The Morgan fingerprint density at radius 3 is 2.71 bits per heavy atom. The molecule has 0 N–H and O–H groups in total. The van der Waals surface area contributed by atoms with Crippen molar-refractivity contribution in [2.45, 2.75) is 26.2 Å². The van der Waals surface area contributed by atoms with E-state index < -0.39 is 0 Å². The summed E-state index contributed by atoms with van der Waals surface area (Å²) >= 11 is 1.65. The van der Waals surface area contributed by atoms with Crippen molar-refractivity contribution in [3.63, 3.8) is 0 Å². The Morgan fingerprint density at radius 2 is 2.07 bits per heavy atom. The summed E-state index contributed by atoms with van der Waals surface area (Å²) in [5.74, 6) is 0.284. The molecular weight excluding hydrogens is 323 g/mol. The van der Waals surface area contributed by atoms with Crippen LogP contribution in [-0.4, -0.2) is 12.8 Å². The summed E-state index contributed by atoms with van der Waals surface area (Å²) in [4.78, 5) is 12.9. The first-order valence-electron chi connectivity index (χ1n) is 4.49. The van der Waals surface area contributed by atoms with Gasteiger partial charge in [0.2, 0.25) is 0 Å². The summed E-state index contributed by atoms with van der Waals surface area (Å²) in [6.07, 6.45) is 2.76. The van der Waals surface area contributed by atoms with E-state index in [9.17, 15) is 4.79 Å². The Morgan fingerprint density at radius 1 is 1.36 bits per heavy atom. The minimum atomic E-state index is 0. The molecule has 0 spiro atoms. The topological polar surface area (TPSA) is 31.2 Å². The van der Waals surface area contributed by atoms with Crippen LogP contribution in [0, 0.1) is 48.2 Å². The molecule has 0 fully saturated rings. The van der Waals surface area contributed by atoms with E-state index in [1.807, 2.05) is 0 Å². The second kappa shape index (κ2) is 5.04. The van der Waals surface area contributed by atoms with E-state index in [1.54, 1.807) is 18.4 Å². The second-order valence-corrected chi connectivity index (χ2v) is 4.52. The van der Waals surface area contributed by atoms with Crippen molar-refractivity contribution in [1.29, 1.82) is 0 Å². The molecule has 1 aromatic heterocycles. The van der Waals surface area contributed by atoms with E-state index in [0.717, 1.165) is 23.4 Å². The molecule has 1 aliphatic carbocycles. The number of Topliss-reactive ketones (excluding diaryl/α,β-unsaturated/α-hetero) is 1. The van der Waals surface area contributed by atoms with E-state index in [1.165, 1.54) is 10.4 Å². The maximum absolute atomic E-state index is 11.6. The molecule has 2 nitrogen and oxygen atoms in total. The monoisotopic (exact) mass is 335 g/mol. The van der Waals surface area contributed by atoms with E-state index in [0.29, 0.717) is 6.42 Å². The van der Waals surface area contributed by atoms with Gasteiger partial charge < -0.3 is 5.32 Å². The predicted octanol–water partition coefficient (Wildman–Crippen LogP) is 3.21. The summed E-state index contributed by atoms with van der Waals surface area (Å²) in [6, 6.07) is 0. The summed E-state index contributed by atoms with van der Waals surface area (Å²) in [7, 11) is 1.76. The molecule has 1 heterocycles. The van der Waals surface area contributed by atoms with Gasteiger partial charge in [0.05, 0.1) is 0 Å². The molecule has 1 aliphatic rings. The van der Waals surface area contributed by atoms with Gasteiger partial charge in [0.1, 0.15) is 0 Å².